The van der Waals surface area contributed by atoms with Gasteiger partial charge in [-0.2, -0.15) is 0 Å². The molecule has 0 N–H and O–H groups in total. The van der Waals surface area contributed by atoms with Crippen LogP contribution in [0.25, 0.3) is 54.3 Å². The molecule has 0 radical (unpaired) electrons. The average Bonchev–Trinajstić information content (AvgIpc) is 3.40. The van der Waals surface area contributed by atoms with Gasteiger partial charge < -0.3 is 4.42 Å². The Hall–Kier alpha value is -3.43. The lowest BCUT2D eigenvalue weighted by atomic mass is 9.82. The fraction of sp³-hybridized carbons (Fsp3) is 0.286. The highest BCUT2D eigenvalue weighted by atomic mass is 32.1. The van der Waals surface area contributed by atoms with Crippen molar-refractivity contribution in [2.45, 2.75) is 60.3 Å². The van der Waals surface area contributed by atoms with Crippen molar-refractivity contribution in [3.8, 4) is 22.4 Å². The third kappa shape index (κ3) is 4.23. The van der Waals surface area contributed by atoms with Crippen LogP contribution in [0.2, 0.25) is 0 Å². The van der Waals surface area contributed by atoms with Crippen LogP contribution in [0.4, 0.5) is 0 Å². The van der Waals surface area contributed by atoms with Crippen LogP contribution in [-0.2, 0) is 11.8 Å². The van der Waals surface area contributed by atoms with Gasteiger partial charge in [0.05, 0.1) is 15.9 Å². The minimum absolute atomic E-state index is 0.0245. The van der Waals surface area contributed by atoms with E-state index in [1.807, 2.05) is 0 Å². The summed E-state index contributed by atoms with van der Waals surface area (Å²) in [6.45, 7) is 15.7. The van der Waals surface area contributed by atoms with E-state index in [-0.39, 0.29) is 5.41 Å². The summed E-state index contributed by atoms with van der Waals surface area (Å²) in [6, 6.07) is 22.4. The molecule has 38 heavy (non-hydrogen) atoms. The second kappa shape index (κ2) is 9.10. The number of thiophene rings is 1. The Balaban J connectivity index is 1.58. The highest BCUT2D eigenvalue weighted by molar-refractivity contribution is 7.18. The zero-order valence-electron chi connectivity index (χ0n) is 23.4. The minimum atomic E-state index is 0.0245. The predicted octanol–water partition coefficient (Wildman–Crippen LogP) is 10.6. The number of hydrogen-bond acceptors (Lipinski definition) is 3. The molecule has 3 aromatic heterocycles. The molecule has 0 bridgehead atoms. The van der Waals surface area contributed by atoms with Gasteiger partial charge in [-0.1, -0.05) is 71.0 Å². The van der Waals surface area contributed by atoms with Gasteiger partial charge in [-0.3, -0.25) is 0 Å². The Morgan fingerprint density at radius 1 is 0.895 bits per heavy atom. The third-order valence-electron chi connectivity index (χ3n) is 7.58. The highest BCUT2D eigenvalue weighted by Crippen LogP contribution is 2.41. The van der Waals surface area contributed by atoms with Crippen molar-refractivity contribution >= 4 is 43.3 Å². The molecule has 6 rings (SSSR count). The number of nitrogens with zero attached hydrogens (tertiary/aromatic N) is 1. The lowest BCUT2D eigenvalue weighted by Crippen LogP contribution is -2.12. The number of fused-ring (bicyclic) bond motifs is 3. The monoisotopic (exact) mass is 517 g/mol. The molecule has 0 saturated carbocycles. The summed E-state index contributed by atoms with van der Waals surface area (Å²) in [5.41, 5.74) is 10.6. The van der Waals surface area contributed by atoms with Gasteiger partial charge in [-0.25, -0.2) is 4.98 Å². The van der Waals surface area contributed by atoms with E-state index >= 15 is 0 Å². The van der Waals surface area contributed by atoms with Crippen molar-refractivity contribution in [1.29, 1.82) is 0 Å². The van der Waals surface area contributed by atoms with E-state index in [2.05, 4.69) is 115 Å². The van der Waals surface area contributed by atoms with Crippen molar-refractivity contribution in [2.75, 3.05) is 0 Å². The van der Waals surface area contributed by atoms with Crippen molar-refractivity contribution in [3.05, 3.63) is 88.5 Å². The van der Waals surface area contributed by atoms with E-state index in [4.69, 9.17) is 9.40 Å². The molecule has 0 atom stereocenters. The lowest BCUT2D eigenvalue weighted by Gasteiger charge is -2.23. The number of aromatic nitrogens is 1. The Morgan fingerprint density at radius 2 is 1.68 bits per heavy atom. The van der Waals surface area contributed by atoms with Crippen molar-refractivity contribution in [3.63, 3.8) is 0 Å². The summed E-state index contributed by atoms with van der Waals surface area (Å²) in [5.74, 6) is 1.62. The molecule has 0 aliphatic carbocycles. The Kier molecular flexibility index (Phi) is 5.96. The topological polar surface area (TPSA) is 26.0 Å². The van der Waals surface area contributed by atoms with Crippen molar-refractivity contribution in [1.82, 2.24) is 4.98 Å². The van der Waals surface area contributed by atoms with Crippen LogP contribution in [0.15, 0.2) is 70.5 Å². The molecule has 3 aromatic carbocycles. The number of benzene rings is 3. The molecule has 3 heterocycles. The molecule has 3 heteroatoms. The Morgan fingerprint density at radius 3 is 2.45 bits per heavy atom. The predicted molar refractivity (Wildman–Crippen MR) is 164 cm³/mol. The zero-order chi connectivity index (χ0) is 26.8. The largest absolute Gasteiger partial charge is 0.461 e. The standard InChI is InChI=1S/C35H35NOS/c1-20(2)14-28-22(4)37-32-17-24(12-13-27(28)32)29-18-31(36-33-21(3)19-38-34(29)33)25-15-23-10-8-9-11-26(23)30(16-25)35(5,6)7/h8-13,15-20H,14H2,1-7H3. The van der Waals surface area contributed by atoms with Crippen LogP contribution in [0.5, 0.6) is 0 Å². The lowest BCUT2D eigenvalue weighted by molar-refractivity contribution is 0.560. The first kappa shape index (κ1) is 24.9. The van der Waals surface area contributed by atoms with E-state index < -0.39 is 0 Å². The smallest absolute Gasteiger partial charge is 0.135 e. The molecule has 6 aromatic rings. The van der Waals surface area contributed by atoms with Gasteiger partial charge in [0.15, 0.2) is 0 Å². The molecule has 2 nitrogen and oxygen atoms in total. The number of aryl methyl sites for hydroxylation is 2. The Labute approximate surface area is 229 Å². The summed E-state index contributed by atoms with van der Waals surface area (Å²) >= 11 is 1.78. The Bertz CT molecular complexity index is 1830. The van der Waals surface area contributed by atoms with Gasteiger partial charge in [0.2, 0.25) is 0 Å². The second-order valence-electron chi connectivity index (χ2n) is 12.1. The van der Waals surface area contributed by atoms with Crippen LogP contribution in [0.1, 0.15) is 57.1 Å². The molecule has 0 saturated heterocycles. The van der Waals surface area contributed by atoms with Gasteiger partial charge in [0.1, 0.15) is 11.3 Å². The SMILES string of the molecule is Cc1oc2cc(-c3cc(-c4cc(C(C)(C)C)c5ccccc5c4)nc4c(C)csc34)ccc2c1CC(C)C. The first-order valence-corrected chi connectivity index (χ1v) is 14.4. The molecule has 0 fully saturated rings. The quantitative estimate of drug-likeness (QED) is 0.232. The zero-order valence-corrected chi connectivity index (χ0v) is 24.2. The minimum Gasteiger partial charge on any atom is -0.461 e. The van der Waals surface area contributed by atoms with Gasteiger partial charge >= 0.3 is 0 Å². The average molecular weight is 518 g/mol. The van der Waals surface area contributed by atoms with Crippen molar-refractivity contribution in [2.24, 2.45) is 5.92 Å². The number of rotatable bonds is 4. The number of pyridine rings is 1. The molecular weight excluding hydrogens is 482 g/mol. The van der Waals surface area contributed by atoms with Gasteiger partial charge in [0, 0.05) is 22.1 Å². The molecule has 0 aliphatic rings. The van der Waals surface area contributed by atoms with Crippen LogP contribution in [0, 0.1) is 19.8 Å². The maximum absolute atomic E-state index is 6.28. The molecule has 0 spiro atoms. The van der Waals surface area contributed by atoms with Crippen LogP contribution < -0.4 is 0 Å². The molecule has 0 unspecified atom stereocenters. The number of furan rings is 1. The summed E-state index contributed by atoms with van der Waals surface area (Å²) in [7, 11) is 0. The summed E-state index contributed by atoms with van der Waals surface area (Å²) < 4.78 is 7.51. The van der Waals surface area contributed by atoms with E-state index in [9.17, 15) is 0 Å². The summed E-state index contributed by atoms with van der Waals surface area (Å²) in [6.07, 6.45) is 1.03. The fourth-order valence-corrected chi connectivity index (χ4v) is 6.69. The maximum Gasteiger partial charge on any atom is 0.135 e. The highest BCUT2D eigenvalue weighted by Gasteiger charge is 2.21. The molecule has 192 valence electrons. The van der Waals surface area contributed by atoms with Gasteiger partial charge in [-0.15, -0.1) is 11.3 Å². The van der Waals surface area contributed by atoms with Crippen LogP contribution in [-0.4, -0.2) is 4.98 Å². The summed E-state index contributed by atoms with van der Waals surface area (Å²) in [5, 5.41) is 6.03. The first-order valence-electron chi connectivity index (χ1n) is 13.5. The van der Waals surface area contributed by atoms with Crippen molar-refractivity contribution < 1.29 is 4.42 Å². The van der Waals surface area contributed by atoms with E-state index in [0.717, 1.165) is 34.5 Å². The molecular formula is C35H35NOS. The van der Waals surface area contributed by atoms with Crippen LogP contribution >= 0.6 is 11.3 Å². The van der Waals surface area contributed by atoms with Gasteiger partial charge in [0.25, 0.3) is 0 Å². The second-order valence-corrected chi connectivity index (χ2v) is 13.0. The molecule has 0 aliphatic heterocycles. The van der Waals surface area contributed by atoms with Gasteiger partial charge in [-0.05, 0) is 88.7 Å². The van der Waals surface area contributed by atoms with E-state index in [1.54, 1.807) is 11.3 Å². The summed E-state index contributed by atoms with van der Waals surface area (Å²) in [4.78, 5) is 5.22. The fourth-order valence-electron chi connectivity index (χ4n) is 5.67. The number of hydrogen-bond donors (Lipinski definition) is 0. The van der Waals surface area contributed by atoms with Crippen LogP contribution in [0.3, 0.4) is 0 Å². The third-order valence-corrected chi connectivity index (χ3v) is 8.70. The first-order chi connectivity index (χ1) is 18.1. The molecule has 0 amide bonds. The van der Waals surface area contributed by atoms with E-state index in [1.165, 1.54) is 48.7 Å². The van der Waals surface area contributed by atoms with E-state index in [0.29, 0.717) is 5.92 Å². The maximum atomic E-state index is 6.28. The normalized spacial score (nSPS) is 12.4.